The van der Waals surface area contributed by atoms with Gasteiger partial charge in [0.2, 0.25) is 0 Å². The number of halogens is 3. The maximum atomic E-state index is 13.3. The SMILES string of the molecule is CC(C)(C)Cn1cc(CN)c2ccc(-c3nccnc3C(F)(F)F)cc21. The third kappa shape index (κ3) is 3.58. The Bertz CT molecular complexity index is 936. The number of rotatable bonds is 3. The van der Waals surface area contributed by atoms with Crippen LogP contribution in [0.15, 0.2) is 36.8 Å². The van der Waals surface area contributed by atoms with Gasteiger partial charge in [0, 0.05) is 48.1 Å². The molecular weight excluding hydrogens is 341 g/mol. The molecule has 0 saturated heterocycles. The number of alkyl halides is 3. The van der Waals surface area contributed by atoms with E-state index in [-0.39, 0.29) is 11.1 Å². The maximum absolute atomic E-state index is 13.3. The van der Waals surface area contributed by atoms with Gasteiger partial charge in [-0.05, 0) is 17.0 Å². The van der Waals surface area contributed by atoms with Gasteiger partial charge in [0.05, 0.1) is 0 Å². The van der Waals surface area contributed by atoms with Crippen LogP contribution in [0.5, 0.6) is 0 Å². The summed E-state index contributed by atoms with van der Waals surface area (Å²) in [5, 5.41) is 0.943. The molecule has 3 rings (SSSR count). The lowest BCUT2D eigenvalue weighted by atomic mass is 9.97. The van der Waals surface area contributed by atoms with Crippen LogP contribution in [0.25, 0.3) is 22.2 Å². The summed E-state index contributed by atoms with van der Waals surface area (Å²) in [5.74, 6) is 0. The van der Waals surface area contributed by atoms with Crippen molar-refractivity contribution in [3.05, 3.63) is 48.0 Å². The van der Waals surface area contributed by atoms with E-state index in [9.17, 15) is 13.2 Å². The highest BCUT2D eigenvalue weighted by atomic mass is 19.4. The Kier molecular flexibility index (Phi) is 4.52. The van der Waals surface area contributed by atoms with Gasteiger partial charge in [-0.25, -0.2) is 4.98 Å². The number of aromatic nitrogens is 3. The predicted octanol–water partition coefficient (Wildman–Crippen LogP) is 4.62. The molecular formula is C19H21F3N4. The monoisotopic (exact) mass is 362 g/mol. The Balaban J connectivity index is 2.20. The van der Waals surface area contributed by atoms with E-state index in [1.807, 2.05) is 10.8 Å². The Morgan fingerprint density at radius 1 is 1.08 bits per heavy atom. The van der Waals surface area contributed by atoms with E-state index in [0.29, 0.717) is 12.1 Å². The first-order chi connectivity index (χ1) is 12.1. The quantitative estimate of drug-likeness (QED) is 0.739. The first-order valence-electron chi connectivity index (χ1n) is 8.30. The molecule has 0 aliphatic carbocycles. The minimum atomic E-state index is -4.56. The van der Waals surface area contributed by atoms with Gasteiger partial charge in [0.25, 0.3) is 0 Å². The van der Waals surface area contributed by atoms with Crippen molar-refractivity contribution in [3.63, 3.8) is 0 Å². The Morgan fingerprint density at radius 2 is 1.77 bits per heavy atom. The molecule has 0 spiro atoms. The Hall–Kier alpha value is -2.41. The fourth-order valence-corrected chi connectivity index (χ4v) is 3.08. The number of fused-ring (bicyclic) bond motifs is 1. The molecule has 0 bridgehead atoms. The molecule has 0 unspecified atom stereocenters. The van der Waals surface area contributed by atoms with Crippen molar-refractivity contribution in [2.45, 2.75) is 40.0 Å². The van der Waals surface area contributed by atoms with Gasteiger partial charge in [-0.15, -0.1) is 0 Å². The molecule has 2 aromatic heterocycles. The van der Waals surface area contributed by atoms with Crippen molar-refractivity contribution in [1.29, 1.82) is 0 Å². The van der Waals surface area contributed by atoms with Gasteiger partial charge in [0.15, 0.2) is 5.69 Å². The molecule has 7 heteroatoms. The van der Waals surface area contributed by atoms with Crippen molar-refractivity contribution >= 4 is 10.9 Å². The summed E-state index contributed by atoms with van der Waals surface area (Å²) in [5.41, 5.74) is 6.90. The van der Waals surface area contributed by atoms with Crippen LogP contribution < -0.4 is 5.73 Å². The summed E-state index contributed by atoms with van der Waals surface area (Å²) in [6, 6.07) is 5.18. The molecule has 0 aliphatic heterocycles. The standard InChI is InChI=1S/C19H21F3N4/c1-18(2,3)11-26-10-13(9-23)14-5-4-12(8-15(14)26)16-17(19(20,21)22)25-7-6-24-16/h4-8,10H,9,11,23H2,1-3H3. The number of hydrogen-bond acceptors (Lipinski definition) is 3. The molecule has 2 N–H and O–H groups in total. The maximum Gasteiger partial charge on any atom is 0.435 e. The van der Waals surface area contributed by atoms with Gasteiger partial charge < -0.3 is 10.3 Å². The number of hydrogen-bond donors (Lipinski definition) is 1. The summed E-state index contributed by atoms with van der Waals surface area (Å²) in [7, 11) is 0. The fraction of sp³-hybridized carbons (Fsp3) is 0.368. The lowest BCUT2D eigenvalue weighted by molar-refractivity contribution is -0.140. The summed E-state index contributed by atoms with van der Waals surface area (Å²) in [6.07, 6.45) is -0.261. The highest BCUT2D eigenvalue weighted by Crippen LogP contribution is 2.36. The number of benzene rings is 1. The van der Waals surface area contributed by atoms with E-state index in [0.717, 1.165) is 29.2 Å². The van der Waals surface area contributed by atoms with Gasteiger partial charge in [-0.1, -0.05) is 32.9 Å². The first kappa shape index (κ1) is 18.4. The highest BCUT2D eigenvalue weighted by molar-refractivity contribution is 5.88. The van der Waals surface area contributed by atoms with Gasteiger partial charge in [-0.2, -0.15) is 13.2 Å². The number of nitrogens with two attached hydrogens (primary N) is 1. The Labute approximate surface area is 149 Å². The van der Waals surface area contributed by atoms with Gasteiger partial charge >= 0.3 is 6.18 Å². The summed E-state index contributed by atoms with van der Waals surface area (Å²) < 4.78 is 41.9. The van der Waals surface area contributed by atoms with E-state index < -0.39 is 11.9 Å². The average Bonchev–Trinajstić information content (AvgIpc) is 2.89. The van der Waals surface area contributed by atoms with Crippen LogP contribution >= 0.6 is 0 Å². The van der Waals surface area contributed by atoms with Crippen molar-refractivity contribution in [2.75, 3.05) is 0 Å². The largest absolute Gasteiger partial charge is 0.435 e. The third-order valence-corrected chi connectivity index (χ3v) is 4.07. The fourth-order valence-electron chi connectivity index (χ4n) is 3.08. The summed E-state index contributed by atoms with van der Waals surface area (Å²) in [4.78, 5) is 7.43. The van der Waals surface area contributed by atoms with Crippen LogP contribution in [-0.4, -0.2) is 14.5 Å². The zero-order chi connectivity index (χ0) is 19.1. The van der Waals surface area contributed by atoms with Gasteiger partial charge in [0.1, 0.15) is 5.69 Å². The van der Waals surface area contributed by atoms with E-state index in [4.69, 9.17) is 5.73 Å². The lowest BCUT2D eigenvalue weighted by Gasteiger charge is -2.20. The van der Waals surface area contributed by atoms with Crippen LogP contribution in [0.1, 0.15) is 32.0 Å². The lowest BCUT2D eigenvalue weighted by Crippen LogP contribution is -2.14. The van der Waals surface area contributed by atoms with E-state index in [1.165, 1.54) is 6.20 Å². The Morgan fingerprint density at radius 3 is 2.38 bits per heavy atom. The molecule has 26 heavy (non-hydrogen) atoms. The van der Waals surface area contributed by atoms with Crippen molar-refractivity contribution in [3.8, 4) is 11.3 Å². The average molecular weight is 362 g/mol. The molecule has 0 radical (unpaired) electrons. The molecule has 0 aliphatic rings. The molecule has 2 heterocycles. The van der Waals surface area contributed by atoms with Crippen LogP contribution in [0, 0.1) is 5.41 Å². The van der Waals surface area contributed by atoms with Crippen molar-refractivity contribution in [1.82, 2.24) is 14.5 Å². The minimum Gasteiger partial charge on any atom is -0.347 e. The van der Waals surface area contributed by atoms with Crippen LogP contribution in [-0.2, 0) is 19.3 Å². The van der Waals surface area contributed by atoms with E-state index in [2.05, 4.69) is 30.7 Å². The van der Waals surface area contributed by atoms with Crippen LogP contribution in [0.3, 0.4) is 0 Å². The van der Waals surface area contributed by atoms with Crippen molar-refractivity contribution in [2.24, 2.45) is 11.1 Å². The molecule has 3 aromatic rings. The topological polar surface area (TPSA) is 56.7 Å². The second kappa shape index (κ2) is 6.39. The molecule has 0 saturated carbocycles. The zero-order valence-corrected chi connectivity index (χ0v) is 14.9. The minimum absolute atomic E-state index is 0.0114. The zero-order valence-electron chi connectivity index (χ0n) is 14.9. The van der Waals surface area contributed by atoms with E-state index >= 15 is 0 Å². The predicted molar refractivity (Wildman–Crippen MR) is 95.3 cm³/mol. The molecule has 4 nitrogen and oxygen atoms in total. The molecule has 138 valence electrons. The molecule has 0 amide bonds. The van der Waals surface area contributed by atoms with Crippen LogP contribution in [0.4, 0.5) is 13.2 Å². The third-order valence-electron chi connectivity index (χ3n) is 4.07. The molecule has 0 fully saturated rings. The highest BCUT2D eigenvalue weighted by Gasteiger charge is 2.36. The van der Waals surface area contributed by atoms with Crippen molar-refractivity contribution < 1.29 is 13.2 Å². The van der Waals surface area contributed by atoms with Crippen LogP contribution in [0.2, 0.25) is 0 Å². The molecule has 0 atom stereocenters. The molecule has 1 aromatic carbocycles. The first-order valence-corrected chi connectivity index (χ1v) is 8.30. The second-order valence-electron chi connectivity index (χ2n) is 7.53. The summed E-state index contributed by atoms with van der Waals surface area (Å²) >= 11 is 0. The number of nitrogens with zero attached hydrogens (tertiary/aromatic N) is 3. The normalized spacial score (nSPS) is 12.7. The summed E-state index contributed by atoms with van der Waals surface area (Å²) in [6.45, 7) is 7.41. The van der Waals surface area contributed by atoms with Gasteiger partial charge in [-0.3, -0.25) is 4.98 Å². The second-order valence-corrected chi connectivity index (χ2v) is 7.53. The van der Waals surface area contributed by atoms with E-state index in [1.54, 1.807) is 18.2 Å². The smallest absolute Gasteiger partial charge is 0.347 e.